The van der Waals surface area contributed by atoms with E-state index in [9.17, 15) is 14.7 Å². The predicted octanol–water partition coefficient (Wildman–Crippen LogP) is 6.43. The van der Waals surface area contributed by atoms with E-state index in [4.69, 9.17) is 16.3 Å². The molecule has 1 saturated heterocycles. The molecule has 0 radical (unpaired) electrons. The lowest BCUT2D eigenvalue weighted by molar-refractivity contribution is -0.132. The van der Waals surface area contributed by atoms with E-state index in [1.165, 1.54) is 16.2 Å². The van der Waals surface area contributed by atoms with Gasteiger partial charge in [-0.25, -0.2) is 4.98 Å². The fraction of sp³-hybridized carbons (Fsp3) is 0.207. The lowest BCUT2D eigenvalue weighted by Crippen LogP contribution is -2.29. The maximum atomic E-state index is 13.5. The minimum atomic E-state index is -0.863. The van der Waals surface area contributed by atoms with Gasteiger partial charge in [0.1, 0.15) is 11.5 Å². The molecule has 1 N–H and O–H groups in total. The molecule has 0 aliphatic carbocycles. The third kappa shape index (κ3) is 4.73. The highest BCUT2D eigenvalue weighted by molar-refractivity contribution is 7.22. The van der Waals surface area contributed by atoms with Gasteiger partial charge < -0.3 is 14.7 Å². The predicted molar refractivity (Wildman–Crippen MR) is 152 cm³/mol. The monoisotopic (exact) mass is 547 g/mol. The number of ketones is 1. The zero-order valence-corrected chi connectivity index (χ0v) is 22.7. The molecule has 1 amide bonds. The molecule has 1 atom stereocenters. The fourth-order valence-electron chi connectivity index (χ4n) is 4.37. The van der Waals surface area contributed by atoms with Crippen LogP contribution in [0.4, 0.5) is 10.8 Å². The Kier molecular flexibility index (Phi) is 7.10. The second-order valence-electron chi connectivity index (χ2n) is 9.14. The zero-order valence-electron chi connectivity index (χ0n) is 21.1. The van der Waals surface area contributed by atoms with Gasteiger partial charge in [0.05, 0.1) is 28.4 Å². The molecule has 0 saturated carbocycles. The fourth-order valence-corrected chi connectivity index (χ4v) is 5.64. The minimum Gasteiger partial charge on any atom is -0.507 e. The summed E-state index contributed by atoms with van der Waals surface area (Å²) in [7, 11) is 3.86. The van der Waals surface area contributed by atoms with Crippen LogP contribution >= 0.6 is 22.9 Å². The van der Waals surface area contributed by atoms with Crippen molar-refractivity contribution in [2.45, 2.75) is 19.4 Å². The molecule has 1 fully saturated rings. The van der Waals surface area contributed by atoms with Gasteiger partial charge >= 0.3 is 5.91 Å². The Bertz CT molecular complexity index is 1540. The van der Waals surface area contributed by atoms with Crippen LogP contribution in [0.25, 0.3) is 16.0 Å². The molecule has 1 aliphatic rings. The van der Waals surface area contributed by atoms with Gasteiger partial charge in [-0.05, 0) is 66.6 Å². The third-order valence-electron chi connectivity index (χ3n) is 6.32. The number of fused-ring (bicyclic) bond motifs is 1. The van der Waals surface area contributed by atoms with Crippen LogP contribution in [0.15, 0.2) is 72.3 Å². The average molecular weight is 548 g/mol. The van der Waals surface area contributed by atoms with Gasteiger partial charge in [0.25, 0.3) is 5.78 Å². The van der Waals surface area contributed by atoms with Crippen molar-refractivity contribution in [2.24, 2.45) is 0 Å². The number of benzene rings is 3. The second-order valence-corrected chi connectivity index (χ2v) is 10.6. The average Bonchev–Trinajstić information content (AvgIpc) is 3.44. The highest BCUT2D eigenvalue weighted by Crippen LogP contribution is 2.44. The van der Waals surface area contributed by atoms with Crippen molar-refractivity contribution in [3.63, 3.8) is 0 Å². The Morgan fingerprint density at radius 3 is 2.45 bits per heavy atom. The van der Waals surface area contributed by atoms with Gasteiger partial charge in [0, 0.05) is 30.4 Å². The number of aromatic nitrogens is 1. The number of rotatable bonds is 7. The molecule has 4 aromatic rings. The molecule has 7 nitrogen and oxygen atoms in total. The SMILES string of the molecule is CCCOc1ccc(/C(O)=C2\C(=O)C(=O)N(c3nc4ccc(Cl)cc4s3)C2c2ccc(N(C)C)cc2)cc1. The third-order valence-corrected chi connectivity index (χ3v) is 7.57. The minimum absolute atomic E-state index is 0.00659. The quantitative estimate of drug-likeness (QED) is 0.163. The van der Waals surface area contributed by atoms with Crippen molar-refractivity contribution in [1.29, 1.82) is 0 Å². The lowest BCUT2D eigenvalue weighted by Gasteiger charge is -2.23. The normalized spacial score (nSPS) is 16.8. The van der Waals surface area contributed by atoms with E-state index in [0.717, 1.165) is 16.8 Å². The van der Waals surface area contributed by atoms with Gasteiger partial charge in [-0.15, -0.1) is 0 Å². The first-order valence-electron chi connectivity index (χ1n) is 12.2. The number of hydrogen-bond acceptors (Lipinski definition) is 7. The molecule has 1 unspecified atom stereocenters. The number of carbonyl (C=O) groups excluding carboxylic acids is 2. The molecule has 194 valence electrons. The van der Waals surface area contributed by atoms with Crippen LogP contribution in [0.1, 0.15) is 30.5 Å². The maximum absolute atomic E-state index is 13.5. The van der Waals surface area contributed by atoms with Crippen LogP contribution in [-0.2, 0) is 9.59 Å². The molecule has 9 heteroatoms. The van der Waals surface area contributed by atoms with Crippen LogP contribution in [0.3, 0.4) is 0 Å². The summed E-state index contributed by atoms with van der Waals surface area (Å²) < 4.78 is 6.43. The summed E-state index contributed by atoms with van der Waals surface area (Å²) in [5, 5.41) is 12.3. The summed E-state index contributed by atoms with van der Waals surface area (Å²) in [6.07, 6.45) is 0.871. The highest BCUT2D eigenvalue weighted by Gasteiger charge is 2.48. The van der Waals surface area contributed by atoms with E-state index < -0.39 is 17.7 Å². The standard InChI is InChI=1S/C29H26ClN3O4S/c1-4-15-37-21-12-7-18(8-13-21)26(34)24-25(17-5-10-20(11-6-17)32(2)3)33(28(36)27(24)35)29-31-22-14-9-19(30)16-23(22)38-29/h5-14,16,25,34H,4,15H2,1-3H3/b26-24+. The van der Waals surface area contributed by atoms with E-state index in [-0.39, 0.29) is 11.3 Å². The van der Waals surface area contributed by atoms with Crippen LogP contribution in [0, 0.1) is 0 Å². The molecule has 2 heterocycles. The summed E-state index contributed by atoms with van der Waals surface area (Å²) in [5.41, 5.74) is 2.73. The highest BCUT2D eigenvalue weighted by atomic mass is 35.5. The van der Waals surface area contributed by atoms with Crippen molar-refractivity contribution in [3.8, 4) is 5.75 Å². The summed E-state index contributed by atoms with van der Waals surface area (Å²) in [6.45, 7) is 2.59. The Morgan fingerprint density at radius 1 is 1.08 bits per heavy atom. The van der Waals surface area contributed by atoms with Gasteiger partial charge in [-0.1, -0.05) is 42.0 Å². The Balaban J connectivity index is 1.65. The number of halogens is 1. The number of nitrogens with zero attached hydrogens (tertiary/aromatic N) is 3. The number of aliphatic hydroxyl groups excluding tert-OH is 1. The molecular formula is C29H26ClN3O4S. The van der Waals surface area contributed by atoms with Gasteiger partial charge in [0.15, 0.2) is 5.13 Å². The number of ether oxygens (including phenoxy) is 1. The molecule has 1 aliphatic heterocycles. The van der Waals surface area contributed by atoms with E-state index >= 15 is 0 Å². The smallest absolute Gasteiger partial charge is 0.301 e. The molecule has 5 rings (SSSR count). The number of hydrogen-bond donors (Lipinski definition) is 1. The van der Waals surface area contributed by atoms with Crippen molar-refractivity contribution in [3.05, 3.63) is 88.5 Å². The van der Waals surface area contributed by atoms with E-state index in [1.54, 1.807) is 42.5 Å². The largest absolute Gasteiger partial charge is 0.507 e. The number of Topliss-reactive ketones (excluding diaryl/α,β-unsaturated/α-hetero) is 1. The summed E-state index contributed by atoms with van der Waals surface area (Å²) >= 11 is 7.44. The molecule has 0 spiro atoms. The first-order chi connectivity index (χ1) is 18.3. The second kappa shape index (κ2) is 10.5. The topological polar surface area (TPSA) is 83.0 Å². The van der Waals surface area contributed by atoms with Crippen molar-refractivity contribution < 1.29 is 19.4 Å². The molecule has 1 aromatic heterocycles. The summed E-state index contributed by atoms with van der Waals surface area (Å²) in [5.74, 6) is -1.11. The lowest BCUT2D eigenvalue weighted by atomic mass is 9.95. The Labute approximate surface area is 229 Å². The number of amides is 1. The molecule has 3 aromatic carbocycles. The Hall–Kier alpha value is -3.88. The van der Waals surface area contributed by atoms with Gasteiger partial charge in [0.2, 0.25) is 0 Å². The van der Waals surface area contributed by atoms with Crippen LogP contribution < -0.4 is 14.5 Å². The zero-order chi connectivity index (χ0) is 27.0. The summed E-state index contributed by atoms with van der Waals surface area (Å²) in [4.78, 5) is 34.9. The van der Waals surface area contributed by atoms with Gasteiger partial charge in [-0.2, -0.15) is 0 Å². The first-order valence-corrected chi connectivity index (χ1v) is 13.4. The van der Waals surface area contributed by atoms with Crippen LogP contribution in [0.2, 0.25) is 5.02 Å². The Morgan fingerprint density at radius 2 is 1.79 bits per heavy atom. The van der Waals surface area contributed by atoms with Crippen molar-refractivity contribution in [1.82, 2.24) is 4.98 Å². The molecule has 38 heavy (non-hydrogen) atoms. The van der Waals surface area contributed by atoms with Crippen LogP contribution in [-0.4, -0.2) is 42.5 Å². The number of thiazole rings is 1. The van der Waals surface area contributed by atoms with Gasteiger partial charge in [-0.3, -0.25) is 14.5 Å². The van der Waals surface area contributed by atoms with Crippen molar-refractivity contribution in [2.75, 3.05) is 30.5 Å². The van der Waals surface area contributed by atoms with E-state index in [2.05, 4.69) is 4.98 Å². The number of aliphatic hydroxyl groups is 1. The molecule has 0 bridgehead atoms. The summed E-state index contributed by atoms with van der Waals surface area (Å²) in [6, 6.07) is 18.8. The number of anilines is 2. The van der Waals surface area contributed by atoms with Crippen molar-refractivity contribution >= 4 is 61.4 Å². The van der Waals surface area contributed by atoms with E-state index in [1.807, 2.05) is 50.2 Å². The molecular weight excluding hydrogens is 522 g/mol. The van der Waals surface area contributed by atoms with E-state index in [0.29, 0.717) is 39.2 Å². The first kappa shape index (κ1) is 25.8. The van der Waals surface area contributed by atoms with Crippen LogP contribution in [0.5, 0.6) is 5.75 Å². The maximum Gasteiger partial charge on any atom is 0.301 e. The number of carbonyl (C=O) groups is 2.